The van der Waals surface area contributed by atoms with Gasteiger partial charge in [-0.15, -0.1) is 0 Å². The van der Waals surface area contributed by atoms with Gasteiger partial charge in [-0.25, -0.2) is 0 Å². The van der Waals surface area contributed by atoms with Crippen molar-refractivity contribution >= 4 is 11.8 Å². The number of carbonyl (C=O) groups excluding carboxylic acids is 2. The number of nitrogens with two attached hydrogens (primary N) is 1. The molecular weight excluding hydrogens is 278 g/mol. The molecule has 2 aliphatic carbocycles. The minimum atomic E-state index is -0.463. The molecule has 2 saturated carbocycles. The summed E-state index contributed by atoms with van der Waals surface area (Å²) in [6.07, 6.45) is 9.82. The van der Waals surface area contributed by atoms with E-state index in [1.807, 2.05) is 0 Å². The van der Waals surface area contributed by atoms with Crippen LogP contribution in [0.1, 0.15) is 64.7 Å². The van der Waals surface area contributed by atoms with Crippen LogP contribution in [0.2, 0.25) is 0 Å². The molecule has 0 aliphatic heterocycles. The first-order chi connectivity index (χ1) is 10.6. The van der Waals surface area contributed by atoms with Gasteiger partial charge in [0.25, 0.3) is 0 Å². The minimum Gasteiger partial charge on any atom is -0.351 e. The Labute approximate surface area is 133 Å². The molecule has 5 heteroatoms. The first kappa shape index (κ1) is 17.3. The molecule has 0 aromatic heterocycles. The summed E-state index contributed by atoms with van der Waals surface area (Å²) in [5, 5.41) is 5.91. The van der Waals surface area contributed by atoms with Crippen molar-refractivity contribution in [3.05, 3.63) is 0 Å². The van der Waals surface area contributed by atoms with Crippen molar-refractivity contribution < 1.29 is 9.59 Å². The fourth-order valence-electron chi connectivity index (χ4n) is 3.84. The van der Waals surface area contributed by atoms with Crippen LogP contribution < -0.4 is 16.4 Å². The molecule has 0 saturated heterocycles. The van der Waals surface area contributed by atoms with E-state index in [4.69, 9.17) is 5.73 Å². The van der Waals surface area contributed by atoms with E-state index in [1.54, 1.807) is 6.92 Å². The summed E-state index contributed by atoms with van der Waals surface area (Å²) in [7, 11) is 0. The summed E-state index contributed by atoms with van der Waals surface area (Å²) < 4.78 is 0. The zero-order valence-electron chi connectivity index (χ0n) is 13.8. The fraction of sp³-hybridized carbons (Fsp3) is 0.882. The number of carbonyl (C=O) groups is 2. The van der Waals surface area contributed by atoms with Crippen molar-refractivity contribution in [1.82, 2.24) is 10.6 Å². The van der Waals surface area contributed by atoms with E-state index in [0.29, 0.717) is 24.8 Å². The van der Waals surface area contributed by atoms with Crippen molar-refractivity contribution in [2.45, 2.75) is 76.8 Å². The Hall–Kier alpha value is -1.10. The standard InChI is InChI=1S/C17H31N3O2/c1-12(17(22)20-15-9-5-8-14(15)11-18)19-16(21)10-13-6-3-2-4-7-13/h12-15H,2-11,18H2,1H3,(H,19,21)(H,20,22). The predicted octanol–water partition coefficient (Wildman–Crippen LogP) is 1.71. The van der Waals surface area contributed by atoms with Crippen LogP contribution in [0.5, 0.6) is 0 Å². The number of rotatable bonds is 6. The van der Waals surface area contributed by atoms with Crippen LogP contribution in [0.3, 0.4) is 0 Å². The first-order valence-corrected chi connectivity index (χ1v) is 8.90. The summed E-state index contributed by atoms with van der Waals surface area (Å²) in [6.45, 7) is 2.38. The highest BCUT2D eigenvalue weighted by Crippen LogP contribution is 2.26. The molecule has 3 unspecified atom stereocenters. The zero-order chi connectivity index (χ0) is 15.9. The molecule has 0 spiro atoms. The molecule has 126 valence electrons. The smallest absolute Gasteiger partial charge is 0.242 e. The van der Waals surface area contributed by atoms with Crippen molar-refractivity contribution in [1.29, 1.82) is 0 Å². The summed E-state index contributed by atoms with van der Waals surface area (Å²) >= 11 is 0. The maximum atomic E-state index is 12.2. The molecule has 0 radical (unpaired) electrons. The van der Waals surface area contributed by atoms with Crippen LogP contribution in [0.4, 0.5) is 0 Å². The van der Waals surface area contributed by atoms with Crippen LogP contribution in [-0.4, -0.2) is 30.4 Å². The van der Waals surface area contributed by atoms with Crippen molar-refractivity contribution in [3.8, 4) is 0 Å². The summed E-state index contributed by atoms with van der Waals surface area (Å²) in [6, 6.07) is -0.287. The monoisotopic (exact) mass is 309 g/mol. The minimum absolute atomic E-state index is 0.0105. The predicted molar refractivity (Wildman–Crippen MR) is 87.1 cm³/mol. The van der Waals surface area contributed by atoms with Crippen LogP contribution in [0, 0.1) is 11.8 Å². The van der Waals surface area contributed by atoms with Gasteiger partial charge in [-0.3, -0.25) is 9.59 Å². The van der Waals surface area contributed by atoms with Crippen LogP contribution >= 0.6 is 0 Å². The molecule has 2 amide bonds. The third-order valence-electron chi connectivity index (χ3n) is 5.26. The third kappa shape index (κ3) is 4.97. The van der Waals surface area contributed by atoms with Gasteiger partial charge in [0.05, 0.1) is 0 Å². The number of hydrogen-bond acceptors (Lipinski definition) is 3. The van der Waals surface area contributed by atoms with E-state index in [1.165, 1.54) is 19.3 Å². The lowest BCUT2D eigenvalue weighted by Gasteiger charge is -2.24. The van der Waals surface area contributed by atoms with Gasteiger partial charge in [-0.05, 0) is 51.0 Å². The highest BCUT2D eigenvalue weighted by Gasteiger charge is 2.29. The van der Waals surface area contributed by atoms with Gasteiger partial charge < -0.3 is 16.4 Å². The zero-order valence-corrected chi connectivity index (χ0v) is 13.8. The second-order valence-corrected chi connectivity index (χ2v) is 7.04. The molecule has 5 nitrogen and oxygen atoms in total. The molecule has 0 heterocycles. The molecule has 2 aliphatic rings. The molecule has 4 N–H and O–H groups in total. The van der Waals surface area contributed by atoms with Gasteiger partial charge in [-0.2, -0.15) is 0 Å². The third-order valence-corrected chi connectivity index (χ3v) is 5.26. The summed E-state index contributed by atoms with van der Waals surface area (Å²) in [4.78, 5) is 24.3. The van der Waals surface area contributed by atoms with Crippen molar-refractivity contribution in [2.24, 2.45) is 17.6 Å². The molecule has 0 bridgehead atoms. The SMILES string of the molecule is CC(NC(=O)CC1CCCCC1)C(=O)NC1CCCC1CN. The topological polar surface area (TPSA) is 84.2 Å². The molecule has 22 heavy (non-hydrogen) atoms. The Morgan fingerprint density at radius 2 is 1.82 bits per heavy atom. The lowest BCUT2D eigenvalue weighted by molar-refractivity contribution is -0.129. The largest absolute Gasteiger partial charge is 0.351 e. The lowest BCUT2D eigenvalue weighted by Crippen LogP contribution is -2.49. The van der Waals surface area contributed by atoms with Crippen LogP contribution in [-0.2, 0) is 9.59 Å². The van der Waals surface area contributed by atoms with E-state index in [9.17, 15) is 9.59 Å². The van der Waals surface area contributed by atoms with Crippen molar-refractivity contribution in [2.75, 3.05) is 6.54 Å². The van der Waals surface area contributed by atoms with Crippen molar-refractivity contribution in [3.63, 3.8) is 0 Å². The van der Waals surface area contributed by atoms with Gasteiger partial charge in [-0.1, -0.05) is 25.7 Å². The number of hydrogen-bond donors (Lipinski definition) is 3. The first-order valence-electron chi connectivity index (χ1n) is 8.90. The molecule has 0 aromatic rings. The quantitative estimate of drug-likeness (QED) is 0.698. The Balaban J connectivity index is 1.72. The van der Waals surface area contributed by atoms with Gasteiger partial charge in [0.2, 0.25) is 11.8 Å². The van der Waals surface area contributed by atoms with E-state index < -0.39 is 6.04 Å². The number of nitrogens with one attached hydrogen (secondary N) is 2. The van der Waals surface area contributed by atoms with E-state index >= 15 is 0 Å². The van der Waals surface area contributed by atoms with Crippen LogP contribution in [0.25, 0.3) is 0 Å². The molecule has 2 fully saturated rings. The molecule has 3 atom stereocenters. The van der Waals surface area contributed by atoms with E-state index in [0.717, 1.165) is 32.1 Å². The maximum absolute atomic E-state index is 12.2. The molecular formula is C17H31N3O2. The summed E-state index contributed by atoms with van der Waals surface area (Å²) in [5.74, 6) is 0.813. The Bertz CT molecular complexity index is 380. The summed E-state index contributed by atoms with van der Waals surface area (Å²) in [5.41, 5.74) is 5.74. The Morgan fingerprint density at radius 1 is 1.09 bits per heavy atom. The normalized spacial score (nSPS) is 27.4. The average Bonchev–Trinajstić information content (AvgIpc) is 2.95. The second kappa shape index (κ2) is 8.51. The average molecular weight is 309 g/mol. The van der Waals surface area contributed by atoms with Gasteiger partial charge >= 0.3 is 0 Å². The van der Waals surface area contributed by atoms with E-state index in [2.05, 4.69) is 10.6 Å². The molecule has 2 rings (SSSR count). The second-order valence-electron chi connectivity index (χ2n) is 7.04. The Morgan fingerprint density at radius 3 is 2.50 bits per heavy atom. The maximum Gasteiger partial charge on any atom is 0.242 e. The highest BCUT2D eigenvalue weighted by molar-refractivity contribution is 5.87. The lowest BCUT2D eigenvalue weighted by atomic mass is 9.87. The van der Waals surface area contributed by atoms with E-state index in [-0.39, 0.29) is 17.9 Å². The van der Waals surface area contributed by atoms with Gasteiger partial charge in [0, 0.05) is 12.5 Å². The van der Waals surface area contributed by atoms with Gasteiger partial charge in [0.15, 0.2) is 0 Å². The number of amides is 2. The van der Waals surface area contributed by atoms with Crippen LogP contribution in [0.15, 0.2) is 0 Å². The fourth-order valence-corrected chi connectivity index (χ4v) is 3.84. The molecule has 0 aromatic carbocycles. The Kier molecular flexibility index (Phi) is 6.68. The highest BCUT2D eigenvalue weighted by atomic mass is 16.2. The van der Waals surface area contributed by atoms with Gasteiger partial charge in [0.1, 0.15) is 6.04 Å².